The van der Waals surface area contributed by atoms with Crippen molar-refractivity contribution in [2.24, 2.45) is 5.84 Å². The van der Waals surface area contributed by atoms with Gasteiger partial charge < -0.3 is 0 Å². The van der Waals surface area contributed by atoms with E-state index in [9.17, 15) is 4.79 Å². The van der Waals surface area contributed by atoms with Gasteiger partial charge in [0.2, 0.25) is 5.95 Å². The summed E-state index contributed by atoms with van der Waals surface area (Å²) in [5, 5.41) is 1.29. The molecule has 0 radical (unpaired) electrons. The second-order valence-corrected chi connectivity index (χ2v) is 4.18. The molecule has 0 spiro atoms. The molecule has 0 unspecified atom stereocenters. The highest BCUT2D eigenvalue weighted by molar-refractivity contribution is 5.56. The Kier molecular flexibility index (Phi) is 4.27. The minimum absolute atomic E-state index is 0.193. The van der Waals surface area contributed by atoms with Crippen LogP contribution in [0.3, 0.4) is 0 Å². The molecule has 1 aromatic heterocycles. The standard InChI is InChI=1S/C14H17N5O/c1-3-10-19(15)13-16-12(11-8-6-5-7-9-11)18(4-2)14(20)17-13/h3,5-9H,1,4,10,15H2,2H3. The van der Waals surface area contributed by atoms with Gasteiger partial charge in [-0.25, -0.2) is 10.6 Å². The van der Waals surface area contributed by atoms with Crippen LogP contribution in [0.5, 0.6) is 0 Å². The van der Waals surface area contributed by atoms with Crippen molar-refractivity contribution >= 4 is 5.95 Å². The van der Waals surface area contributed by atoms with E-state index < -0.39 is 0 Å². The van der Waals surface area contributed by atoms with E-state index >= 15 is 0 Å². The number of aromatic nitrogens is 3. The van der Waals surface area contributed by atoms with Gasteiger partial charge >= 0.3 is 5.69 Å². The quantitative estimate of drug-likeness (QED) is 0.502. The number of hydrazine groups is 1. The average molecular weight is 271 g/mol. The van der Waals surface area contributed by atoms with Crippen LogP contribution < -0.4 is 16.5 Å². The van der Waals surface area contributed by atoms with Crippen molar-refractivity contribution in [3.63, 3.8) is 0 Å². The lowest BCUT2D eigenvalue weighted by Crippen LogP contribution is -2.36. The van der Waals surface area contributed by atoms with Crippen LogP contribution in [0.4, 0.5) is 5.95 Å². The molecule has 20 heavy (non-hydrogen) atoms. The summed E-state index contributed by atoms with van der Waals surface area (Å²) in [5.41, 5.74) is 0.484. The molecule has 104 valence electrons. The zero-order valence-electron chi connectivity index (χ0n) is 11.4. The van der Waals surface area contributed by atoms with E-state index in [2.05, 4.69) is 16.5 Å². The smallest absolute Gasteiger partial charge is 0.276 e. The van der Waals surface area contributed by atoms with Gasteiger partial charge in [0.05, 0.1) is 6.54 Å². The van der Waals surface area contributed by atoms with E-state index in [-0.39, 0.29) is 11.6 Å². The lowest BCUT2D eigenvalue weighted by atomic mass is 10.2. The van der Waals surface area contributed by atoms with E-state index in [0.29, 0.717) is 18.9 Å². The summed E-state index contributed by atoms with van der Waals surface area (Å²) >= 11 is 0. The molecule has 6 nitrogen and oxygen atoms in total. The van der Waals surface area contributed by atoms with Crippen LogP contribution in [-0.2, 0) is 6.54 Å². The lowest BCUT2D eigenvalue weighted by Gasteiger charge is -2.16. The molecule has 6 heteroatoms. The molecule has 0 saturated carbocycles. The van der Waals surface area contributed by atoms with Crippen molar-refractivity contribution in [1.82, 2.24) is 14.5 Å². The van der Waals surface area contributed by atoms with Crippen molar-refractivity contribution in [2.45, 2.75) is 13.5 Å². The zero-order valence-corrected chi connectivity index (χ0v) is 11.4. The summed E-state index contributed by atoms with van der Waals surface area (Å²) in [5.74, 6) is 6.55. The summed E-state index contributed by atoms with van der Waals surface area (Å²) in [6, 6.07) is 9.49. The molecule has 0 fully saturated rings. The van der Waals surface area contributed by atoms with E-state index in [4.69, 9.17) is 5.84 Å². The molecule has 0 aliphatic carbocycles. The maximum Gasteiger partial charge on any atom is 0.352 e. The Balaban J connectivity index is 2.59. The summed E-state index contributed by atoms with van der Waals surface area (Å²) in [4.78, 5) is 20.4. The third kappa shape index (κ3) is 2.75. The number of anilines is 1. The summed E-state index contributed by atoms with van der Waals surface area (Å²) in [7, 11) is 0. The lowest BCUT2D eigenvalue weighted by molar-refractivity contribution is 0.677. The number of hydrogen-bond acceptors (Lipinski definition) is 5. The van der Waals surface area contributed by atoms with Gasteiger partial charge in [0.15, 0.2) is 0 Å². The number of nitrogens with zero attached hydrogens (tertiary/aromatic N) is 4. The normalized spacial score (nSPS) is 10.3. The Bertz CT molecular complexity index is 650. The number of benzene rings is 1. The number of nitrogens with two attached hydrogens (primary N) is 1. The van der Waals surface area contributed by atoms with Crippen LogP contribution >= 0.6 is 0 Å². The number of hydrogen-bond donors (Lipinski definition) is 1. The number of rotatable bonds is 5. The van der Waals surface area contributed by atoms with Crippen molar-refractivity contribution in [3.8, 4) is 11.4 Å². The fraction of sp³-hybridized carbons (Fsp3) is 0.214. The fourth-order valence-corrected chi connectivity index (χ4v) is 1.86. The van der Waals surface area contributed by atoms with Crippen molar-refractivity contribution in [1.29, 1.82) is 0 Å². The summed E-state index contributed by atoms with van der Waals surface area (Å²) in [6.45, 7) is 6.34. The predicted molar refractivity (Wildman–Crippen MR) is 79.1 cm³/mol. The zero-order chi connectivity index (χ0) is 14.5. The minimum atomic E-state index is -0.365. The van der Waals surface area contributed by atoms with E-state index in [1.165, 1.54) is 9.58 Å². The van der Waals surface area contributed by atoms with Crippen LogP contribution in [0, 0.1) is 0 Å². The molecule has 0 amide bonds. The highest BCUT2D eigenvalue weighted by atomic mass is 16.1. The van der Waals surface area contributed by atoms with Gasteiger partial charge in [-0.1, -0.05) is 36.4 Å². The predicted octanol–water partition coefficient (Wildman–Crippen LogP) is 1.19. The van der Waals surface area contributed by atoms with Gasteiger partial charge in [-0.2, -0.15) is 9.97 Å². The van der Waals surface area contributed by atoms with Crippen LogP contribution in [0.1, 0.15) is 6.92 Å². The van der Waals surface area contributed by atoms with E-state index in [0.717, 1.165) is 5.56 Å². The van der Waals surface area contributed by atoms with Gasteiger partial charge in [-0.3, -0.25) is 9.58 Å². The molecule has 2 rings (SSSR count). The Morgan fingerprint density at radius 1 is 1.35 bits per heavy atom. The van der Waals surface area contributed by atoms with E-state index in [1.807, 2.05) is 37.3 Å². The largest absolute Gasteiger partial charge is 0.352 e. The second-order valence-electron chi connectivity index (χ2n) is 4.18. The minimum Gasteiger partial charge on any atom is -0.276 e. The average Bonchev–Trinajstić information content (AvgIpc) is 2.47. The van der Waals surface area contributed by atoms with Crippen molar-refractivity contribution in [3.05, 3.63) is 53.5 Å². The Hall–Kier alpha value is -2.47. The van der Waals surface area contributed by atoms with E-state index in [1.54, 1.807) is 6.08 Å². The fourth-order valence-electron chi connectivity index (χ4n) is 1.86. The first-order valence-electron chi connectivity index (χ1n) is 6.34. The summed E-state index contributed by atoms with van der Waals surface area (Å²) < 4.78 is 1.51. The van der Waals surface area contributed by atoms with Crippen LogP contribution in [0.15, 0.2) is 47.8 Å². The van der Waals surface area contributed by atoms with Crippen molar-refractivity contribution < 1.29 is 0 Å². The molecular weight excluding hydrogens is 254 g/mol. The maximum absolute atomic E-state index is 12.1. The molecule has 0 saturated heterocycles. The summed E-state index contributed by atoms with van der Waals surface area (Å²) in [6.07, 6.45) is 1.62. The molecule has 2 aromatic rings. The highest BCUT2D eigenvalue weighted by Gasteiger charge is 2.13. The molecule has 0 aliphatic heterocycles. The SMILES string of the molecule is C=CCN(N)c1nc(-c2ccccc2)n(CC)c(=O)n1. The Morgan fingerprint density at radius 3 is 2.65 bits per heavy atom. The first-order chi connectivity index (χ1) is 9.67. The topological polar surface area (TPSA) is 77.0 Å². The van der Waals surface area contributed by atoms with Gasteiger partial charge in [0.1, 0.15) is 5.82 Å². The van der Waals surface area contributed by atoms with Gasteiger partial charge in [0, 0.05) is 12.1 Å². The van der Waals surface area contributed by atoms with Gasteiger partial charge in [-0.05, 0) is 6.92 Å². The van der Waals surface area contributed by atoms with Crippen molar-refractivity contribution in [2.75, 3.05) is 11.6 Å². The second kappa shape index (κ2) is 6.12. The molecule has 0 bridgehead atoms. The first-order valence-corrected chi connectivity index (χ1v) is 6.34. The molecular formula is C14H17N5O. The molecule has 0 aliphatic rings. The monoisotopic (exact) mass is 271 g/mol. The van der Waals surface area contributed by atoms with Crippen LogP contribution in [0.25, 0.3) is 11.4 Å². The first kappa shape index (κ1) is 14.0. The molecule has 0 atom stereocenters. The molecule has 2 N–H and O–H groups in total. The Morgan fingerprint density at radius 2 is 2.05 bits per heavy atom. The molecule has 1 heterocycles. The maximum atomic E-state index is 12.1. The van der Waals surface area contributed by atoms with Crippen LogP contribution in [-0.4, -0.2) is 21.1 Å². The Labute approximate surface area is 117 Å². The van der Waals surface area contributed by atoms with Crippen LogP contribution in [0.2, 0.25) is 0 Å². The van der Waals surface area contributed by atoms with Gasteiger partial charge in [-0.15, -0.1) is 6.58 Å². The third-order valence-electron chi connectivity index (χ3n) is 2.82. The highest BCUT2D eigenvalue weighted by Crippen LogP contribution is 2.16. The van der Waals surface area contributed by atoms with Gasteiger partial charge in [0.25, 0.3) is 0 Å². The molecule has 1 aromatic carbocycles. The third-order valence-corrected chi connectivity index (χ3v) is 2.82.